The number of nitrogens with zero attached hydrogens (tertiary/aromatic N) is 4. The molecule has 0 aliphatic carbocycles. The molecule has 0 fully saturated rings. The quantitative estimate of drug-likeness (QED) is 0.449. The molecule has 2 heterocycles. The molecule has 3 N–H and O–H groups in total. The van der Waals surface area contributed by atoms with E-state index < -0.39 is 17.3 Å². The molecule has 158 valence electrons. The van der Waals surface area contributed by atoms with Crippen molar-refractivity contribution < 1.29 is 19.5 Å². The van der Waals surface area contributed by atoms with E-state index in [1.165, 1.54) is 21.8 Å². The van der Waals surface area contributed by atoms with Gasteiger partial charge in [0.1, 0.15) is 23.5 Å². The highest BCUT2D eigenvalue weighted by Crippen LogP contribution is 2.35. The minimum absolute atomic E-state index is 0.0643. The summed E-state index contributed by atoms with van der Waals surface area (Å²) in [7, 11) is 1.54. The molecule has 10 nitrogen and oxygen atoms in total. The number of phenols is 2. The van der Waals surface area contributed by atoms with Gasteiger partial charge in [-0.2, -0.15) is 5.10 Å². The number of H-pyrrole nitrogens is 1. The van der Waals surface area contributed by atoms with E-state index >= 15 is 0 Å². The third-order valence-corrected chi connectivity index (χ3v) is 4.85. The Morgan fingerprint density at radius 2 is 1.97 bits per heavy atom. The summed E-state index contributed by atoms with van der Waals surface area (Å²) in [5.74, 6) is -1.15. The maximum atomic E-state index is 12.9. The maximum Gasteiger partial charge on any atom is 0.348 e. The van der Waals surface area contributed by atoms with Crippen molar-refractivity contribution in [3.05, 3.63) is 76.0 Å². The Bertz CT molecular complexity index is 1310. The first-order valence-electron chi connectivity index (χ1n) is 9.31. The molecule has 0 saturated heterocycles. The molecule has 2 aromatic heterocycles. The van der Waals surface area contributed by atoms with Gasteiger partial charge in [-0.25, -0.2) is 14.5 Å². The standard InChI is InChI=1S/C21H19N5O5/c1-12-5-3-4-6-16(12)26-19(22-23-21(26)30)14-9-15(18(28)10-17(14)27)20(29)25(2)11-13-7-8-31-24-13/h3-10,27-28H,11H2,1-2H3,(H,23,30). The number of phenolic OH excluding ortho intramolecular Hbond substituents is 2. The van der Waals surface area contributed by atoms with Crippen molar-refractivity contribution in [2.24, 2.45) is 0 Å². The highest BCUT2D eigenvalue weighted by molar-refractivity contribution is 5.98. The summed E-state index contributed by atoms with van der Waals surface area (Å²) in [6.07, 6.45) is 1.40. The van der Waals surface area contributed by atoms with E-state index in [2.05, 4.69) is 15.4 Å². The zero-order valence-corrected chi connectivity index (χ0v) is 16.7. The van der Waals surface area contributed by atoms with Gasteiger partial charge in [0, 0.05) is 19.2 Å². The van der Waals surface area contributed by atoms with E-state index in [0.29, 0.717) is 11.4 Å². The SMILES string of the molecule is Cc1ccccc1-n1c(-c2cc(C(=O)N(C)Cc3ccon3)c(O)cc2O)n[nH]c1=O. The Kier molecular flexibility index (Phi) is 5.04. The number of carbonyl (C=O) groups is 1. The molecule has 4 aromatic rings. The summed E-state index contributed by atoms with van der Waals surface area (Å²) in [4.78, 5) is 26.7. The maximum absolute atomic E-state index is 12.9. The molecule has 0 saturated carbocycles. The fourth-order valence-corrected chi connectivity index (χ4v) is 3.28. The van der Waals surface area contributed by atoms with Crippen LogP contribution in [0.1, 0.15) is 21.6 Å². The van der Waals surface area contributed by atoms with E-state index in [1.54, 1.807) is 25.2 Å². The van der Waals surface area contributed by atoms with E-state index in [-0.39, 0.29) is 29.2 Å². The van der Waals surface area contributed by atoms with Crippen LogP contribution in [-0.2, 0) is 6.54 Å². The third-order valence-electron chi connectivity index (χ3n) is 4.85. The number of aromatic amines is 1. The fraction of sp³-hybridized carbons (Fsp3) is 0.143. The van der Waals surface area contributed by atoms with Crippen LogP contribution < -0.4 is 5.69 Å². The van der Waals surface area contributed by atoms with Crippen molar-refractivity contribution in [3.63, 3.8) is 0 Å². The van der Waals surface area contributed by atoms with Crippen LogP contribution in [0.2, 0.25) is 0 Å². The van der Waals surface area contributed by atoms with Crippen molar-refractivity contribution in [1.29, 1.82) is 0 Å². The number of aromatic nitrogens is 4. The summed E-state index contributed by atoms with van der Waals surface area (Å²) >= 11 is 0. The van der Waals surface area contributed by atoms with Crippen LogP contribution in [0.5, 0.6) is 11.5 Å². The summed E-state index contributed by atoms with van der Waals surface area (Å²) in [5, 5.41) is 31.0. The molecular weight excluding hydrogens is 402 g/mol. The van der Waals surface area contributed by atoms with Gasteiger partial charge in [0.05, 0.1) is 23.4 Å². The predicted octanol–water partition coefficient (Wildman–Crippen LogP) is 2.21. The van der Waals surface area contributed by atoms with Gasteiger partial charge in [0.2, 0.25) is 0 Å². The minimum Gasteiger partial charge on any atom is -0.507 e. The lowest BCUT2D eigenvalue weighted by atomic mass is 10.1. The van der Waals surface area contributed by atoms with Crippen molar-refractivity contribution in [2.75, 3.05) is 7.05 Å². The monoisotopic (exact) mass is 421 g/mol. The second-order valence-corrected chi connectivity index (χ2v) is 7.01. The summed E-state index contributed by atoms with van der Waals surface area (Å²) in [5.41, 5.74) is 1.46. The zero-order valence-electron chi connectivity index (χ0n) is 16.7. The lowest BCUT2D eigenvalue weighted by Crippen LogP contribution is -2.26. The second-order valence-electron chi connectivity index (χ2n) is 7.01. The molecule has 0 radical (unpaired) electrons. The zero-order chi connectivity index (χ0) is 22.1. The van der Waals surface area contributed by atoms with Crippen LogP contribution in [0.15, 0.2) is 58.0 Å². The lowest BCUT2D eigenvalue weighted by molar-refractivity contribution is 0.0779. The van der Waals surface area contributed by atoms with E-state index in [0.717, 1.165) is 11.6 Å². The molecule has 2 aromatic carbocycles. The Morgan fingerprint density at radius 1 is 1.19 bits per heavy atom. The molecule has 0 unspecified atom stereocenters. The first-order valence-corrected chi connectivity index (χ1v) is 9.31. The van der Waals surface area contributed by atoms with Crippen molar-refractivity contribution in [2.45, 2.75) is 13.5 Å². The van der Waals surface area contributed by atoms with Crippen molar-refractivity contribution in [1.82, 2.24) is 24.8 Å². The number of amides is 1. The molecule has 4 rings (SSSR count). The molecule has 0 atom stereocenters. The Morgan fingerprint density at radius 3 is 2.68 bits per heavy atom. The lowest BCUT2D eigenvalue weighted by Gasteiger charge is -2.17. The topological polar surface area (TPSA) is 137 Å². The number of hydrogen-bond acceptors (Lipinski definition) is 7. The minimum atomic E-state index is -0.512. The van der Waals surface area contributed by atoms with E-state index in [4.69, 9.17) is 4.52 Å². The van der Waals surface area contributed by atoms with Gasteiger partial charge in [-0.05, 0) is 24.6 Å². The van der Waals surface area contributed by atoms with Crippen LogP contribution in [0, 0.1) is 6.92 Å². The number of nitrogens with one attached hydrogen (secondary N) is 1. The fourth-order valence-electron chi connectivity index (χ4n) is 3.28. The number of para-hydroxylation sites is 1. The highest BCUT2D eigenvalue weighted by Gasteiger charge is 2.23. The Hall–Kier alpha value is -4.34. The van der Waals surface area contributed by atoms with Crippen molar-refractivity contribution in [3.8, 4) is 28.6 Å². The molecule has 1 amide bonds. The summed E-state index contributed by atoms with van der Waals surface area (Å²) in [6.45, 7) is 1.99. The van der Waals surface area contributed by atoms with Crippen molar-refractivity contribution >= 4 is 5.91 Å². The number of aromatic hydroxyl groups is 2. The summed E-state index contributed by atoms with van der Waals surface area (Å²) in [6, 6.07) is 11.2. The Labute approximate surface area is 176 Å². The van der Waals surface area contributed by atoms with Gasteiger partial charge in [-0.1, -0.05) is 23.4 Å². The highest BCUT2D eigenvalue weighted by atomic mass is 16.5. The van der Waals surface area contributed by atoms with E-state index in [9.17, 15) is 19.8 Å². The molecule has 31 heavy (non-hydrogen) atoms. The van der Waals surface area contributed by atoms with Crippen LogP contribution >= 0.6 is 0 Å². The molecule has 0 spiro atoms. The molecular formula is C21H19N5O5. The van der Waals surface area contributed by atoms with Gasteiger partial charge in [-0.15, -0.1) is 0 Å². The van der Waals surface area contributed by atoms with Gasteiger partial charge in [0.15, 0.2) is 5.82 Å². The van der Waals surface area contributed by atoms with Gasteiger partial charge in [0.25, 0.3) is 5.91 Å². The summed E-state index contributed by atoms with van der Waals surface area (Å²) < 4.78 is 6.07. The molecule has 10 heteroatoms. The number of hydrogen-bond donors (Lipinski definition) is 3. The molecule has 0 aliphatic rings. The van der Waals surface area contributed by atoms with Gasteiger partial charge < -0.3 is 19.6 Å². The van der Waals surface area contributed by atoms with Gasteiger partial charge in [-0.3, -0.25) is 4.79 Å². The molecule has 0 bridgehead atoms. The van der Waals surface area contributed by atoms with Crippen LogP contribution in [0.25, 0.3) is 17.1 Å². The van der Waals surface area contributed by atoms with Crippen LogP contribution in [-0.4, -0.2) is 48.0 Å². The van der Waals surface area contributed by atoms with Gasteiger partial charge >= 0.3 is 5.69 Å². The number of aryl methyl sites for hydroxylation is 1. The van der Waals surface area contributed by atoms with Crippen LogP contribution in [0.4, 0.5) is 0 Å². The van der Waals surface area contributed by atoms with Crippen LogP contribution in [0.3, 0.4) is 0 Å². The second kappa shape index (κ2) is 7.82. The number of benzene rings is 2. The first-order chi connectivity index (χ1) is 14.9. The number of carbonyl (C=O) groups excluding carboxylic acids is 1. The van der Waals surface area contributed by atoms with E-state index in [1.807, 2.05) is 19.1 Å². The molecule has 0 aliphatic heterocycles. The normalized spacial score (nSPS) is 10.9. The smallest absolute Gasteiger partial charge is 0.348 e. The average Bonchev–Trinajstić information content (AvgIpc) is 3.38. The largest absolute Gasteiger partial charge is 0.507 e. The third kappa shape index (κ3) is 3.66. The average molecular weight is 421 g/mol. The predicted molar refractivity (Wildman–Crippen MR) is 110 cm³/mol. The number of rotatable bonds is 5. The first kappa shape index (κ1) is 20.0. The Balaban J connectivity index is 1.79.